The number of fused-ring (bicyclic) bond motifs is 1. The van der Waals surface area contributed by atoms with E-state index in [4.69, 9.17) is 5.26 Å². The van der Waals surface area contributed by atoms with E-state index in [1.165, 1.54) is 17.1 Å². The second-order valence-electron chi connectivity index (χ2n) is 7.40. The van der Waals surface area contributed by atoms with Gasteiger partial charge in [0.15, 0.2) is 5.65 Å². The van der Waals surface area contributed by atoms with Crippen LogP contribution in [0.3, 0.4) is 0 Å². The van der Waals surface area contributed by atoms with Gasteiger partial charge in [0.1, 0.15) is 18.3 Å². The van der Waals surface area contributed by atoms with Gasteiger partial charge in [0, 0.05) is 5.69 Å². The Balaban J connectivity index is 1.56. The molecular formula is C23H20N6O2. The van der Waals surface area contributed by atoms with Crippen LogP contribution in [0.25, 0.3) is 16.7 Å². The van der Waals surface area contributed by atoms with Gasteiger partial charge >= 0.3 is 0 Å². The van der Waals surface area contributed by atoms with Gasteiger partial charge in [0.2, 0.25) is 5.91 Å². The summed E-state index contributed by atoms with van der Waals surface area (Å²) < 4.78 is 2.89. The van der Waals surface area contributed by atoms with Crippen LogP contribution in [0.5, 0.6) is 0 Å². The molecule has 0 unspecified atom stereocenters. The van der Waals surface area contributed by atoms with Crippen LogP contribution >= 0.6 is 0 Å². The maximum absolute atomic E-state index is 12.9. The molecule has 0 spiro atoms. The summed E-state index contributed by atoms with van der Waals surface area (Å²) in [6, 6.07) is 15.1. The van der Waals surface area contributed by atoms with E-state index in [1.54, 1.807) is 28.9 Å². The first-order chi connectivity index (χ1) is 14.9. The summed E-state index contributed by atoms with van der Waals surface area (Å²) in [5.41, 5.74) is 4.58. The SMILES string of the molecule is Cc1cc(C)cc(-n2ncc3c(=O)n(CC(=O)Nc4ccc(CC#N)cc4)cnc32)c1. The summed E-state index contributed by atoms with van der Waals surface area (Å²) in [5.74, 6) is -0.349. The third kappa shape index (κ3) is 4.21. The molecule has 0 aliphatic rings. The van der Waals surface area contributed by atoms with Crippen molar-refractivity contribution in [3.05, 3.63) is 82.0 Å². The molecule has 154 valence electrons. The third-order valence-electron chi connectivity index (χ3n) is 4.84. The number of benzene rings is 2. The molecule has 8 heteroatoms. The van der Waals surface area contributed by atoms with Crippen LogP contribution in [-0.2, 0) is 17.8 Å². The molecule has 2 heterocycles. The van der Waals surface area contributed by atoms with Crippen LogP contribution in [0.4, 0.5) is 5.69 Å². The zero-order chi connectivity index (χ0) is 22.0. The van der Waals surface area contributed by atoms with Gasteiger partial charge in [-0.3, -0.25) is 14.2 Å². The predicted octanol–water partition coefficient (Wildman–Crippen LogP) is 2.90. The number of nitriles is 1. The molecule has 4 rings (SSSR count). The van der Waals surface area contributed by atoms with E-state index in [0.717, 1.165) is 22.4 Å². The summed E-state index contributed by atoms with van der Waals surface area (Å²) in [4.78, 5) is 29.7. The standard InChI is InChI=1S/C23H20N6O2/c1-15-9-16(2)11-19(10-15)29-22-20(12-26-29)23(31)28(14-25-22)13-21(30)27-18-5-3-17(4-6-18)7-8-24/h3-6,9-12,14H,7,13H2,1-2H3,(H,27,30). The number of anilines is 1. The van der Waals surface area contributed by atoms with E-state index in [0.29, 0.717) is 23.1 Å². The zero-order valence-corrected chi connectivity index (χ0v) is 17.2. The molecular weight excluding hydrogens is 392 g/mol. The van der Waals surface area contributed by atoms with Crippen LogP contribution in [0.1, 0.15) is 16.7 Å². The summed E-state index contributed by atoms with van der Waals surface area (Å²) in [6.45, 7) is 3.83. The highest BCUT2D eigenvalue weighted by atomic mass is 16.2. The van der Waals surface area contributed by atoms with Crippen molar-refractivity contribution in [1.29, 1.82) is 5.26 Å². The number of rotatable bonds is 5. The first-order valence-corrected chi connectivity index (χ1v) is 9.72. The van der Waals surface area contributed by atoms with Crippen LogP contribution < -0.4 is 10.9 Å². The van der Waals surface area contributed by atoms with Crippen LogP contribution in [0.15, 0.2) is 59.8 Å². The van der Waals surface area contributed by atoms with Crippen LogP contribution in [0, 0.1) is 25.2 Å². The van der Waals surface area contributed by atoms with E-state index in [-0.39, 0.29) is 18.0 Å². The van der Waals surface area contributed by atoms with Crippen molar-refractivity contribution in [2.75, 3.05) is 5.32 Å². The highest BCUT2D eigenvalue weighted by molar-refractivity contribution is 5.90. The lowest BCUT2D eigenvalue weighted by Gasteiger charge is -2.09. The van der Waals surface area contributed by atoms with Gasteiger partial charge in [-0.05, 0) is 54.8 Å². The minimum absolute atomic E-state index is 0.170. The number of nitrogens with one attached hydrogen (secondary N) is 1. The molecule has 8 nitrogen and oxygen atoms in total. The van der Waals surface area contributed by atoms with Crippen LogP contribution in [-0.4, -0.2) is 25.2 Å². The molecule has 0 radical (unpaired) electrons. The lowest BCUT2D eigenvalue weighted by atomic mass is 10.1. The maximum Gasteiger partial charge on any atom is 0.264 e. The van der Waals surface area contributed by atoms with E-state index in [1.807, 2.05) is 26.0 Å². The molecule has 0 atom stereocenters. The number of carbonyl (C=O) groups excluding carboxylic acids is 1. The summed E-state index contributed by atoms with van der Waals surface area (Å²) in [7, 11) is 0. The van der Waals surface area contributed by atoms with Crippen molar-refractivity contribution in [2.45, 2.75) is 26.8 Å². The van der Waals surface area contributed by atoms with Gasteiger partial charge in [-0.1, -0.05) is 18.2 Å². The Morgan fingerprint density at radius 1 is 1.13 bits per heavy atom. The largest absolute Gasteiger partial charge is 0.325 e. The molecule has 31 heavy (non-hydrogen) atoms. The number of aromatic nitrogens is 4. The first kappa shape index (κ1) is 20.0. The number of nitrogens with zero attached hydrogens (tertiary/aromatic N) is 5. The Hall–Kier alpha value is -4.25. The maximum atomic E-state index is 12.9. The number of hydrogen-bond donors (Lipinski definition) is 1. The monoisotopic (exact) mass is 412 g/mol. The molecule has 0 aliphatic heterocycles. The van der Waals surface area contributed by atoms with E-state index >= 15 is 0 Å². The second kappa shape index (κ2) is 8.24. The molecule has 0 bridgehead atoms. The van der Waals surface area contributed by atoms with Crippen LogP contribution in [0.2, 0.25) is 0 Å². The minimum Gasteiger partial charge on any atom is -0.325 e. The molecule has 4 aromatic rings. The predicted molar refractivity (Wildman–Crippen MR) is 117 cm³/mol. The molecule has 0 aliphatic carbocycles. The Labute approximate surface area is 178 Å². The van der Waals surface area contributed by atoms with Crippen molar-refractivity contribution in [1.82, 2.24) is 19.3 Å². The molecule has 0 saturated carbocycles. The summed E-state index contributed by atoms with van der Waals surface area (Å²) in [6.07, 6.45) is 3.15. The highest BCUT2D eigenvalue weighted by Gasteiger charge is 2.14. The van der Waals surface area contributed by atoms with E-state index in [9.17, 15) is 9.59 Å². The Morgan fingerprint density at radius 3 is 2.52 bits per heavy atom. The fraction of sp³-hybridized carbons (Fsp3) is 0.174. The smallest absolute Gasteiger partial charge is 0.264 e. The number of hydrogen-bond acceptors (Lipinski definition) is 5. The topological polar surface area (TPSA) is 106 Å². The molecule has 0 fully saturated rings. The van der Waals surface area contributed by atoms with Gasteiger partial charge in [0.25, 0.3) is 5.56 Å². The summed E-state index contributed by atoms with van der Waals surface area (Å²) in [5, 5.41) is 16.2. The van der Waals surface area contributed by atoms with Gasteiger partial charge in [-0.2, -0.15) is 10.4 Å². The lowest BCUT2D eigenvalue weighted by Crippen LogP contribution is -2.27. The van der Waals surface area contributed by atoms with Crippen molar-refractivity contribution >= 4 is 22.6 Å². The van der Waals surface area contributed by atoms with Gasteiger partial charge in [-0.15, -0.1) is 0 Å². The van der Waals surface area contributed by atoms with Crippen molar-refractivity contribution in [3.8, 4) is 11.8 Å². The highest BCUT2D eigenvalue weighted by Crippen LogP contribution is 2.17. The van der Waals surface area contributed by atoms with E-state index in [2.05, 4.69) is 27.5 Å². The molecule has 2 aromatic carbocycles. The summed E-state index contributed by atoms with van der Waals surface area (Å²) >= 11 is 0. The quantitative estimate of drug-likeness (QED) is 0.543. The normalized spacial score (nSPS) is 10.7. The number of amides is 1. The van der Waals surface area contributed by atoms with Gasteiger partial charge in [-0.25, -0.2) is 9.67 Å². The average Bonchev–Trinajstić information content (AvgIpc) is 3.16. The third-order valence-corrected chi connectivity index (χ3v) is 4.84. The number of carbonyl (C=O) groups is 1. The van der Waals surface area contributed by atoms with E-state index < -0.39 is 0 Å². The molecule has 2 aromatic heterocycles. The van der Waals surface area contributed by atoms with Crippen molar-refractivity contribution in [3.63, 3.8) is 0 Å². The zero-order valence-electron chi connectivity index (χ0n) is 17.2. The van der Waals surface area contributed by atoms with Gasteiger partial charge in [0.05, 0.1) is 24.4 Å². The first-order valence-electron chi connectivity index (χ1n) is 9.72. The molecule has 0 saturated heterocycles. The Kier molecular flexibility index (Phi) is 5.33. The Bertz CT molecular complexity index is 1360. The molecule has 1 N–H and O–H groups in total. The average molecular weight is 412 g/mol. The van der Waals surface area contributed by atoms with Crippen molar-refractivity contribution in [2.24, 2.45) is 0 Å². The number of aryl methyl sites for hydroxylation is 2. The lowest BCUT2D eigenvalue weighted by molar-refractivity contribution is -0.116. The fourth-order valence-electron chi connectivity index (χ4n) is 3.48. The fourth-order valence-corrected chi connectivity index (χ4v) is 3.48. The molecule has 1 amide bonds. The Morgan fingerprint density at radius 2 is 1.84 bits per heavy atom. The van der Waals surface area contributed by atoms with Gasteiger partial charge < -0.3 is 5.32 Å². The minimum atomic E-state index is -0.349. The van der Waals surface area contributed by atoms with Crippen molar-refractivity contribution < 1.29 is 4.79 Å². The second-order valence-corrected chi connectivity index (χ2v) is 7.40.